The van der Waals surface area contributed by atoms with E-state index in [1.807, 2.05) is 56.3 Å². The van der Waals surface area contributed by atoms with Gasteiger partial charge in [-0.05, 0) is 67.0 Å². The Morgan fingerprint density at radius 1 is 1.09 bits per heavy atom. The molecule has 0 aliphatic heterocycles. The number of aryl methyl sites for hydroxylation is 2. The lowest BCUT2D eigenvalue weighted by Crippen LogP contribution is -2.20. The normalized spacial score (nSPS) is 14.2. The number of amides is 1. The maximum absolute atomic E-state index is 13.5. The minimum absolute atomic E-state index is 0.0543. The van der Waals surface area contributed by atoms with Crippen LogP contribution in [0.2, 0.25) is 0 Å². The van der Waals surface area contributed by atoms with Crippen molar-refractivity contribution in [2.75, 3.05) is 5.32 Å². The highest BCUT2D eigenvalue weighted by Gasteiger charge is 2.32. The first kappa shape index (κ1) is 21.9. The lowest BCUT2D eigenvalue weighted by atomic mass is 10.1. The number of nitrogens with one attached hydrogen (secondary N) is 1. The fraction of sp³-hybridized carbons (Fsp3) is 0.269. The van der Waals surface area contributed by atoms with Gasteiger partial charge in [0.15, 0.2) is 5.16 Å². The molecule has 1 unspecified atom stereocenters. The number of carbonyl (C=O) groups is 1. The second-order valence-corrected chi connectivity index (χ2v) is 10.6. The van der Waals surface area contributed by atoms with Crippen LogP contribution in [0.15, 0.2) is 71.2 Å². The molecule has 168 valence electrons. The Kier molecular flexibility index (Phi) is 6.33. The van der Waals surface area contributed by atoms with Crippen molar-refractivity contribution in [3.8, 4) is 0 Å². The summed E-state index contributed by atoms with van der Waals surface area (Å²) in [7, 11) is 0. The topological polar surface area (TPSA) is 59.8 Å². The zero-order chi connectivity index (χ0) is 22.8. The van der Waals surface area contributed by atoms with Crippen LogP contribution in [-0.4, -0.2) is 20.7 Å². The Morgan fingerprint density at radius 2 is 1.85 bits per heavy atom. The van der Waals surface area contributed by atoms with E-state index >= 15 is 0 Å². The van der Waals surface area contributed by atoms with Crippen molar-refractivity contribution in [2.45, 2.75) is 49.6 Å². The second kappa shape index (κ2) is 9.53. The van der Waals surface area contributed by atoms with Gasteiger partial charge in [0.05, 0.1) is 0 Å². The van der Waals surface area contributed by atoms with Gasteiger partial charge in [-0.3, -0.25) is 4.79 Å². The van der Waals surface area contributed by atoms with Gasteiger partial charge in [-0.25, -0.2) is 0 Å². The third kappa shape index (κ3) is 5.20. The molecule has 7 heteroatoms. The number of carbonyl (C=O) groups excluding carboxylic acids is 1. The number of benzene rings is 2. The summed E-state index contributed by atoms with van der Waals surface area (Å²) < 4.78 is 2.25. The van der Waals surface area contributed by atoms with E-state index in [1.54, 1.807) is 11.3 Å². The fourth-order valence-electron chi connectivity index (χ4n) is 4.04. The van der Waals surface area contributed by atoms with Crippen molar-refractivity contribution < 1.29 is 4.79 Å². The molecule has 2 heterocycles. The van der Waals surface area contributed by atoms with Crippen LogP contribution in [0.1, 0.15) is 51.5 Å². The summed E-state index contributed by atoms with van der Waals surface area (Å²) in [5.74, 6) is 0.922. The van der Waals surface area contributed by atoms with Crippen molar-refractivity contribution in [1.82, 2.24) is 14.8 Å². The Hall–Kier alpha value is -2.90. The Balaban J connectivity index is 1.44. The van der Waals surface area contributed by atoms with Gasteiger partial charge in [0.1, 0.15) is 11.1 Å². The van der Waals surface area contributed by atoms with Gasteiger partial charge in [-0.1, -0.05) is 54.2 Å². The lowest BCUT2D eigenvalue weighted by Gasteiger charge is -2.18. The Bertz CT molecular complexity index is 1230. The fourth-order valence-corrected chi connectivity index (χ4v) is 5.87. The largest absolute Gasteiger partial charge is 0.325 e. The second-order valence-electron chi connectivity index (χ2n) is 8.53. The minimum atomic E-state index is -0.427. The van der Waals surface area contributed by atoms with E-state index in [2.05, 4.69) is 43.7 Å². The van der Waals surface area contributed by atoms with E-state index in [0.717, 1.165) is 52.6 Å². The number of rotatable bonds is 8. The van der Waals surface area contributed by atoms with Gasteiger partial charge >= 0.3 is 0 Å². The molecule has 1 aliphatic rings. The number of anilines is 1. The first-order chi connectivity index (χ1) is 16.1. The first-order valence-corrected chi connectivity index (χ1v) is 12.9. The van der Waals surface area contributed by atoms with Crippen molar-refractivity contribution in [3.63, 3.8) is 0 Å². The maximum atomic E-state index is 13.5. The molecule has 5 rings (SSSR count). The van der Waals surface area contributed by atoms with Crippen LogP contribution >= 0.6 is 23.1 Å². The van der Waals surface area contributed by atoms with Crippen LogP contribution in [0.3, 0.4) is 0 Å². The molecular weight excluding hydrogens is 448 g/mol. The summed E-state index contributed by atoms with van der Waals surface area (Å²) in [6.45, 7) is 4.08. The van der Waals surface area contributed by atoms with E-state index in [-0.39, 0.29) is 5.91 Å². The summed E-state index contributed by atoms with van der Waals surface area (Å²) in [5, 5.41) is 14.7. The Morgan fingerprint density at radius 3 is 2.52 bits per heavy atom. The molecule has 2 aromatic heterocycles. The quantitative estimate of drug-likeness (QED) is 0.302. The molecule has 0 spiro atoms. The monoisotopic (exact) mass is 474 g/mol. The number of aromatic nitrogens is 3. The van der Waals surface area contributed by atoms with E-state index < -0.39 is 5.25 Å². The molecular formula is C26H26N4OS2. The average molecular weight is 475 g/mol. The number of thiophene rings is 1. The van der Waals surface area contributed by atoms with E-state index in [1.165, 1.54) is 16.6 Å². The average Bonchev–Trinajstić information content (AvgIpc) is 3.34. The minimum Gasteiger partial charge on any atom is -0.325 e. The highest BCUT2D eigenvalue weighted by molar-refractivity contribution is 8.00. The van der Waals surface area contributed by atoms with E-state index in [0.29, 0.717) is 6.04 Å². The zero-order valence-electron chi connectivity index (χ0n) is 18.7. The van der Waals surface area contributed by atoms with Crippen molar-refractivity contribution in [2.24, 2.45) is 0 Å². The zero-order valence-corrected chi connectivity index (χ0v) is 20.3. The van der Waals surface area contributed by atoms with Crippen LogP contribution in [0.5, 0.6) is 0 Å². The molecule has 0 radical (unpaired) electrons. The smallest absolute Gasteiger partial charge is 0.242 e. The summed E-state index contributed by atoms with van der Waals surface area (Å²) in [5.41, 5.74) is 4.03. The van der Waals surface area contributed by atoms with Gasteiger partial charge in [0, 0.05) is 23.0 Å². The maximum Gasteiger partial charge on any atom is 0.242 e. The third-order valence-electron chi connectivity index (χ3n) is 5.61. The standard InChI is InChI=1S/C26H26N4OS2/c1-17-13-18(2)15-20(14-17)27-25(31)24(19-7-4-3-5-8-19)33-26-29-28-23(30(26)21-10-11-21)16-22-9-6-12-32-22/h3-9,12-15,21,24H,10-11,16H2,1-2H3,(H,27,31). The van der Waals surface area contributed by atoms with Gasteiger partial charge in [-0.2, -0.15) is 0 Å². The molecule has 4 aromatic rings. The van der Waals surface area contributed by atoms with E-state index in [4.69, 9.17) is 0 Å². The highest BCUT2D eigenvalue weighted by atomic mass is 32.2. The summed E-state index contributed by atoms with van der Waals surface area (Å²) >= 11 is 3.22. The molecule has 1 amide bonds. The van der Waals surface area contributed by atoms with Gasteiger partial charge < -0.3 is 9.88 Å². The molecule has 1 atom stereocenters. The van der Waals surface area contributed by atoms with Crippen LogP contribution in [0.25, 0.3) is 0 Å². The summed E-state index contributed by atoms with van der Waals surface area (Å²) in [4.78, 5) is 14.8. The molecule has 1 saturated carbocycles. The molecule has 0 saturated heterocycles. The third-order valence-corrected chi connectivity index (χ3v) is 7.70. The number of nitrogens with zero attached hydrogens (tertiary/aromatic N) is 3. The van der Waals surface area contributed by atoms with Gasteiger partial charge in [0.25, 0.3) is 0 Å². The number of hydrogen-bond donors (Lipinski definition) is 1. The number of thioether (sulfide) groups is 1. The van der Waals surface area contributed by atoms with E-state index in [9.17, 15) is 4.79 Å². The molecule has 1 aliphatic carbocycles. The van der Waals surface area contributed by atoms with Gasteiger partial charge in [0.2, 0.25) is 5.91 Å². The van der Waals surface area contributed by atoms with Crippen molar-refractivity contribution in [3.05, 3.63) is 93.4 Å². The predicted octanol–water partition coefficient (Wildman–Crippen LogP) is 6.35. The predicted molar refractivity (Wildman–Crippen MR) is 135 cm³/mol. The van der Waals surface area contributed by atoms with Crippen molar-refractivity contribution >= 4 is 34.7 Å². The summed E-state index contributed by atoms with van der Waals surface area (Å²) in [6, 6.07) is 20.7. The van der Waals surface area contributed by atoms with Crippen LogP contribution in [-0.2, 0) is 11.2 Å². The molecule has 5 nitrogen and oxygen atoms in total. The lowest BCUT2D eigenvalue weighted by molar-refractivity contribution is -0.115. The first-order valence-electron chi connectivity index (χ1n) is 11.1. The van der Waals surface area contributed by atoms with Crippen LogP contribution in [0.4, 0.5) is 5.69 Å². The van der Waals surface area contributed by atoms with Gasteiger partial charge in [-0.15, -0.1) is 21.5 Å². The molecule has 0 bridgehead atoms. The highest BCUT2D eigenvalue weighted by Crippen LogP contribution is 2.43. The summed E-state index contributed by atoms with van der Waals surface area (Å²) in [6.07, 6.45) is 3.04. The SMILES string of the molecule is Cc1cc(C)cc(NC(=O)C(Sc2nnc(Cc3cccs3)n2C2CC2)c2ccccc2)c1. The van der Waals surface area contributed by atoms with Crippen LogP contribution < -0.4 is 5.32 Å². The molecule has 1 N–H and O–H groups in total. The molecule has 1 fully saturated rings. The van der Waals surface area contributed by atoms with Crippen LogP contribution in [0, 0.1) is 13.8 Å². The number of hydrogen-bond acceptors (Lipinski definition) is 5. The molecule has 33 heavy (non-hydrogen) atoms. The van der Waals surface area contributed by atoms with Crippen molar-refractivity contribution in [1.29, 1.82) is 0 Å². The Labute approximate surface area is 202 Å². The molecule has 2 aromatic carbocycles.